The molecule has 0 unspecified atom stereocenters. The summed E-state index contributed by atoms with van der Waals surface area (Å²) < 4.78 is 30.2. The van der Waals surface area contributed by atoms with Gasteiger partial charge in [0.05, 0.1) is 4.92 Å². The third-order valence-electron chi connectivity index (χ3n) is 2.42. The van der Waals surface area contributed by atoms with E-state index in [1.54, 1.807) is 0 Å². The monoisotopic (exact) mass is 273 g/mol. The van der Waals surface area contributed by atoms with E-state index in [1.807, 2.05) is 20.8 Å². The number of benzene rings is 1. The Labute approximate surface area is 106 Å². The molecule has 0 spiro atoms. The molecule has 0 aliphatic rings. The van der Waals surface area contributed by atoms with Crippen molar-refractivity contribution >= 4 is 15.8 Å². The van der Waals surface area contributed by atoms with Gasteiger partial charge >= 0.3 is 0 Å². The minimum atomic E-state index is -4.19. The van der Waals surface area contributed by atoms with E-state index < -0.39 is 26.2 Å². The first kappa shape index (κ1) is 14.6. The Morgan fingerprint density at radius 2 is 1.89 bits per heavy atom. The van der Waals surface area contributed by atoms with Gasteiger partial charge in [0.1, 0.15) is 5.75 Å². The molecule has 1 rings (SSSR count). The first-order chi connectivity index (χ1) is 8.00. The molecule has 0 saturated carbocycles. The number of hydrogen-bond acceptors (Lipinski definition) is 4. The Hall–Kier alpha value is -1.47. The normalized spacial score (nSPS) is 12.4. The van der Waals surface area contributed by atoms with Crippen LogP contribution in [-0.2, 0) is 21.3 Å². The van der Waals surface area contributed by atoms with Crippen molar-refractivity contribution in [3.05, 3.63) is 39.4 Å². The molecule has 6 nitrogen and oxygen atoms in total. The Morgan fingerprint density at radius 3 is 2.28 bits per heavy atom. The van der Waals surface area contributed by atoms with Crippen LogP contribution in [0.4, 0.5) is 5.69 Å². The summed E-state index contributed by atoms with van der Waals surface area (Å²) in [7, 11) is -4.19. The first-order valence-corrected chi connectivity index (χ1v) is 6.84. The summed E-state index contributed by atoms with van der Waals surface area (Å²) in [4.78, 5) is 10.4. The van der Waals surface area contributed by atoms with Crippen LogP contribution < -0.4 is 0 Å². The molecule has 0 fully saturated rings. The summed E-state index contributed by atoms with van der Waals surface area (Å²) in [5.74, 6) is -0.627. The predicted molar refractivity (Wildman–Crippen MR) is 67.0 cm³/mol. The van der Waals surface area contributed by atoms with Crippen LogP contribution in [0.5, 0.6) is 0 Å². The van der Waals surface area contributed by atoms with E-state index in [4.69, 9.17) is 4.55 Å². The summed E-state index contributed by atoms with van der Waals surface area (Å²) >= 11 is 0. The molecule has 1 aromatic rings. The third-order valence-corrected chi connectivity index (χ3v) is 3.11. The van der Waals surface area contributed by atoms with Crippen molar-refractivity contribution in [2.24, 2.45) is 0 Å². The lowest BCUT2D eigenvalue weighted by atomic mass is 9.85. The lowest BCUT2D eigenvalue weighted by Gasteiger charge is -2.19. The second-order valence-corrected chi connectivity index (χ2v) is 6.54. The first-order valence-electron chi connectivity index (χ1n) is 5.23. The second kappa shape index (κ2) is 4.66. The highest BCUT2D eigenvalue weighted by atomic mass is 32.2. The molecule has 0 saturated heterocycles. The van der Waals surface area contributed by atoms with Crippen LogP contribution >= 0.6 is 0 Å². The van der Waals surface area contributed by atoms with E-state index in [0.29, 0.717) is 5.56 Å². The highest BCUT2D eigenvalue weighted by Crippen LogP contribution is 2.32. The number of rotatable bonds is 3. The highest BCUT2D eigenvalue weighted by molar-refractivity contribution is 7.85. The molecule has 0 aromatic heterocycles. The fraction of sp³-hybridized carbons (Fsp3) is 0.455. The zero-order valence-electron chi connectivity index (χ0n) is 10.4. The molecule has 7 heteroatoms. The van der Waals surface area contributed by atoms with Gasteiger partial charge in [-0.25, -0.2) is 0 Å². The van der Waals surface area contributed by atoms with Gasteiger partial charge in [-0.1, -0.05) is 32.9 Å². The van der Waals surface area contributed by atoms with Crippen molar-refractivity contribution in [3.8, 4) is 0 Å². The summed E-state index contributed by atoms with van der Waals surface area (Å²) in [5, 5.41) is 11.0. The van der Waals surface area contributed by atoms with Gasteiger partial charge < -0.3 is 0 Å². The maximum atomic E-state index is 11.0. The zero-order chi connectivity index (χ0) is 14.1. The quantitative estimate of drug-likeness (QED) is 0.517. The van der Waals surface area contributed by atoms with Crippen molar-refractivity contribution in [2.45, 2.75) is 31.9 Å². The molecule has 0 radical (unpaired) electrons. The average molecular weight is 273 g/mol. The largest absolute Gasteiger partial charge is 0.285 e. The maximum Gasteiger partial charge on any atom is 0.273 e. The smallest absolute Gasteiger partial charge is 0.273 e. The second-order valence-electron chi connectivity index (χ2n) is 5.08. The molecular weight excluding hydrogens is 258 g/mol. The van der Waals surface area contributed by atoms with Gasteiger partial charge in [0.15, 0.2) is 0 Å². The SMILES string of the molecule is CC(C)(C)c1ccc(CS(=O)(=O)O)cc1[N+](=O)[O-]. The van der Waals surface area contributed by atoms with Crippen molar-refractivity contribution in [1.82, 2.24) is 0 Å². The summed E-state index contributed by atoms with van der Waals surface area (Å²) in [5.41, 5.74) is 0.159. The van der Waals surface area contributed by atoms with E-state index in [2.05, 4.69) is 0 Å². The van der Waals surface area contributed by atoms with Crippen molar-refractivity contribution < 1.29 is 17.9 Å². The van der Waals surface area contributed by atoms with Crippen molar-refractivity contribution in [1.29, 1.82) is 0 Å². The minimum Gasteiger partial charge on any atom is -0.285 e. The van der Waals surface area contributed by atoms with Gasteiger partial charge in [-0.15, -0.1) is 0 Å². The molecule has 0 amide bonds. The van der Waals surface area contributed by atoms with Crippen molar-refractivity contribution in [3.63, 3.8) is 0 Å². The van der Waals surface area contributed by atoms with Crippen LogP contribution in [0.15, 0.2) is 18.2 Å². The van der Waals surface area contributed by atoms with Gasteiger partial charge in [0.25, 0.3) is 15.8 Å². The molecule has 100 valence electrons. The third kappa shape index (κ3) is 3.78. The molecular formula is C11H15NO5S. The Kier molecular flexibility index (Phi) is 3.78. The number of nitro groups is 1. The number of nitro benzene ring substituents is 1. The topological polar surface area (TPSA) is 97.5 Å². The van der Waals surface area contributed by atoms with E-state index in [1.165, 1.54) is 18.2 Å². The number of hydrogen-bond donors (Lipinski definition) is 1. The molecule has 0 aliphatic heterocycles. The predicted octanol–water partition coefficient (Wildman–Crippen LogP) is 2.28. The average Bonchev–Trinajstić information content (AvgIpc) is 2.12. The number of nitrogens with zero attached hydrogens (tertiary/aromatic N) is 1. The highest BCUT2D eigenvalue weighted by Gasteiger charge is 2.25. The van der Waals surface area contributed by atoms with Crippen LogP contribution in [0, 0.1) is 10.1 Å². The molecule has 0 heterocycles. The standard InChI is InChI=1S/C11H15NO5S/c1-11(2,3)9-5-4-8(7-18(15,16)17)6-10(9)12(13)14/h4-6H,7H2,1-3H3,(H,15,16,17). The van der Waals surface area contributed by atoms with E-state index in [0.717, 1.165) is 0 Å². The molecule has 1 N–H and O–H groups in total. The van der Waals surface area contributed by atoms with Gasteiger partial charge in [-0.2, -0.15) is 8.42 Å². The Morgan fingerprint density at radius 1 is 1.33 bits per heavy atom. The van der Waals surface area contributed by atoms with Crippen LogP contribution in [-0.4, -0.2) is 17.9 Å². The lowest BCUT2D eigenvalue weighted by molar-refractivity contribution is -0.386. The summed E-state index contributed by atoms with van der Waals surface area (Å²) in [6.07, 6.45) is 0. The fourth-order valence-corrected chi connectivity index (χ4v) is 2.26. The summed E-state index contributed by atoms with van der Waals surface area (Å²) in [6.45, 7) is 5.49. The Balaban J connectivity index is 3.33. The molecule has 0 bridgehead atoms. The van der Waals surface area contributed by atoms with Crippen molar-refractivity contribution in [2.75, 3.05) is 0 Å². The van der Waals surface area contributed by atoms with Gasteiger partial charge in [-0.3, -0.25) is 14.7 Å². The molecule has 0 atom stereocenters. The van der Waals surface area contributed by atoms with Gasteiger partial charge in [0, 0.05) is 11.6 Å². The molecule has 0 aliphatic carbocycles. The minimum absolute atomic E-state index is 0.136. The van der Waals surface area contributed by atoms with E-state index >= 15 is 0 Å². The van der Waals surface area contributed by atoms with Crippen LogP contribution in [0.3, 0.4) is 0 Å². The zero-order valence-corrected chi connectivity index (χ0v) is 11.2. The molecule has 1 aromatic carbocycles. The van der Waals surface area contributed by atoms with E-state index in [-0.39, 0.29) is 11.3 Å². The van der Waals surface area contributed by atoms with Crippen LogP contribution in [0.1, 0.15) is 31.9 Å². The molecule has 18 heavy (non-hydrogen) atoms. The Bertz CT molecular complexity index is 572. The van der Waals surface area contributed by atoms with Gasteiger partial charge in [0.2, 0.25) is 0 Å². The summed E-state index contributed by atoms with van der Waals surface area (Å²) in [6, 6.07) is 4.19. The van der Waals surface area contributed by atoms with Crippen LogP contribution in [0.2, 0.25) is 0 Å². The van der Waals surface area contributed by atoms with Crippen LogP contribution in [0.25, 0.3) is 0 Å². The lowest BCUT2D eigenvalue weighted by Crippen LogP contribution is -2.14. The fourth-order valence-electron chi connectivity index (χ4n) is 1.66. The maximum absolute atomic E-state index is 11.0. The van der Waals surface area contributed by atoms with Gasteiger partial charge in [-0.05, 0) is 11.0 Å². The van der Waals surface area contributed by atoms with E-state index in [9.17, 15) is 18.5 Å².